The van der Waals surface area contributed by atoms with Gasteiger partial charge < -0.3 is 10.1 Å². The minimum atomic E-state index is 0.215. The molecule has 1 rings (SSSR count). The fourth-order valence-electron chi connectivity index (χ4n) is 0.604. The molecule has 0 aromatic rings. The van der Waals surface area contributed by atoms with Crippen LogP contribution in [0.3, 0.4) is 0 Å². The number of rotatable bonds is 0. The number of hydrogen-bond acceptors (Lipinski definition) is 3. The van der Waals surface area contributed by atoms with Gasteiger partial charge in [-0.2, -0.15) is 0 Å². The highest BCUT2D eigenvalue weighted by atomic mass is 32.2. The molecule has 1 saturated heterocycles. The molecule has 1 aliphatic rings. The molecule has 1 N–H and O–H groups in total. The van der Waals surface area contributed by atoms with Crippen molar-refractivity contribution < 1.29 is 4.74 Å². The Morgan fingerprint density at radius 2 is 2.67 bits per heavy atom. The van der Waals surface area contributed by atoms with Gasteiger partial charge in [-0.1, -0.05) is 24.0 Å². The predicted molar refractivity (Wildman–Crippen MR) is 43.6 cm³/mol. The van der Waals surface area contributed by atoms with Gasteiger partial charge in [-0.25, -0.2) is 0 Å². The smallest absolute Gasteiger partial charge is 0.136 e. The van der Waals surface area contributed by atoms with Crippen molar-refractivity contribution in [2.45, 2.75) is 12.4 Å². The molecule has 0 radical (unpaired) electrons. The first-order chi connectivity index (χ1) is 4.29. The summed E-state index contributed by atoms with van der Waals surface area (Å²) < 4.78 is 6.13. The SMILES string of the molecule is CC1OCCNC(=S)S1. The normalized spacial score (nSPS) is 29.0. The van der Waals surface area contributed by atoms with Crippen molar-refractivity contribution in [1.29, 1.82) is 0 Å². The predicted octanol–water partition coefficient (Wildman–Crippen LogP) is 0.970. The highest BCUT2D eigenvalue weighted by Crippen LogP contribution is 2.14. The van der Waals surface area contributed by atoms with Gasteiger partial charge in [0.2, 0.25) is 0 Å². The quantitative estimate of drug-likeness (QED) is 0.537. The minimum absolute atomic E-state index is 0.215. The number of nitrogens with one attached hydrogen (secondary N) is 1. The van der Waals surface area contributed by atoms with E-state index >= 15 is 0 Å². The Morgan fingerprint density at radius 3 is 3.44 bits per heavy atom. The Balaban J connectivity index is 2.37. The van der Waals surface area contributed by atoms with Crippen LogP contribution in [0.2, 0.25) is 0 Å². The lowest BCUT2D eigenvalue weighted by molar-refractivity contribution is 0.132. The van der Waals surface area contributed by atoms with E-state index in [-0.39, 0.29) is 5.44 Å². The summed E-state index contributed by atoms with van der Waals surface area (Å²) in [5.41, 5.74) is 0.215. The molecular weight excluding hydrogens is 154 g/mol. The third kappa shape index (κ3) is 2.51. The summed E-state index contributed by atoms with van der Waals surface area (Å²) in [5, 5.41) is 3.04. The van der Waals surface area contributed by atoms with Crippen LogP contribution in [-0.4, -0.2) is 22.9 Å². The first-order valence-corrected chi connectivity index (χ1v) is 4.14. The van der Waals surface area contributed by atoms with E-state index in [0.717, 1.165) is 17.5 Å². The van der Waals surface area contributed by atoms with Crippen LogP contribution in [0.1, 0.15) is 6.92 Å². The molecule has 0 spiro atoms. The molecule has 9 heavy (non-hydrogen) atoms. The van der Waals surface area contributed by atoms with Gasteiger partial charge in [0, 0.05) is 6.54 Å². The second-order valence-corrected chi connectivity index (χ2v) is 3.74. The van der Waals surface area contributed by atoms with E-state index in [1.165, 1.54) is 0 Å². The molecule has 1 atom stereocenters. The molecule has 52 valence electrons. The van der Waals surface area contributed by atoms with Crippen molar-refractivity contribution in [2.75, 3.05) is 13.2 Å². The van der Waals surface area contributed by atoms with E-state index in [9.17, 15) is 0 Å². The Bertz CT molecular complexity index is 118. The van der Waals surface area contributed by atoms with E-state index in [1.54, 1.807) is 11.8 Å². The van der Waals surface area contributed by atoms with E-state index in [1.807, 2.05) is 6.92 Å². The maximum atomic E-state index is 5.29. The van der Waals surface area contributed by atoms with Crippen molar-refractivity contribution in [1.82, 2.24) is 5.32 Å². The van der Waals surface area contributed by atoms with Gasteiger partial charge in [0.15, 0.2) is 0 Å². The van der Waals surface area contributed by atoms with Gasteiger partial charge in [0.1, 0.15) is 9.76 Å². The lowest BCUT2D eigenvalue weighted by Gasteiger charge is -2.04. The van der Waals surface area contributed by atoms with E-state index < -0.39 is 0 Å². The fraction of sp³-hybridized carbons (Fsp3) is 0.800. The van der Waals surface area contributed by atoms with Gasteiger partial charge in [-0.05, 0) is 6.92 Å². The van der Waals surface area contributed by atoms with Crippen molar-refractivity contribution in [3.8, 4) is 0 Å². The molecule has 0 amide bonds. The van der Waals surface area contributed by atoms with E-state index in [4.69, 9.17) is 17.0 Å². The summed E-state index contributed by atoms with van der Waals surface area (Å²) in [6, 6.07) is 0. The second-order valence-electron chi connectivity index (χ2n) is 1.77. The fourth-order valence-corrected chi connectivity index (χ4v) is 1.76. The summed E-state index contributed by atoms with van der Waals surface area (Å²) in [6.45, 7) is 3.61. The lowest BCUT2D eigenvalue weighted by atomic mass is 10.7. The van der Waals surface area contributed by atoms with Crippen molar-refractivity contribution >= 4 is 28.3 Å². The lowest BCUT2D eigenvalue weighted by Crippen LogP contribution is -2.19. The molecule has 0 saturated carbocycles. The number of thioether (sulfide) groups is 1. The number of hydrogen-bond donors (Lipinski definition) is 1. The zero-order valence-corrected chi connectivity index (χ0v) is 6.85. The first-order valence-electron chi connectivity index (χ1n) is 2.85. The standard InChI is InChI=1S/C5H9NOS2/c1-4-7-3-2-6-5(8)9-4/h4H,2-3H2,1H3,(H,6,8). The number of thiocarbonyl (C=S) groups is 1. The van der Waals surface area contributed by atoms with Crippen LogP contribution < -0.4 is 5.32 Å². The summed E-state index contributed by atoms with van der Waals surface area (Å²) in [4.78, 5) is 0. The second kappa shape index (κ2) is 3.39. The summed E-state index contributed by atoms with van der Waals surface area (Å²) >= 11 is 6.50. The Hall–Kier alpha value is 0.200. The zero-order valence-electron chi connectivity index (χ0n) is 5.22. The molecular formula is C5H9NOS2. The summed E-state index contributed by atoms with van der Waals surface area (Å²) in [5.74, 6) is 0. The molecule has 0 bridgehead atoms. The van der Waals surface area contributed by atoms with Crippen LogP contribution >= 0.6 is 24.0 Å². The van der Waals surface area contributed by atoms with E-state index in [0.29, 0.717) is 0 Å². The van der Waals surface area contributed by atoms with Gasteiger partial charge in [-0.3, -0.25) is 0 Å². The molecule has 0 aromatic carbocycles. The molecule has 1 aliphatic heterocycles. The zero-order chi connectivity index (χ0) is 6.69. The van der Waals surface area contributed by atoms with Gasteiger partial charge in [0.25, 0.3) is 0 Å². The molecule has 2 nitrogen and oxygen atoms in total. The Morgan fingerprint density at radius 1 is 1.89 bits per heavy atom. The average molecular weight is 163 g/mol. The molecule has 4 heteroatoms. The third-order valence-corrected chi connectivity index (χ3v) is 2.26. The molecule has 1 fully saturated rings. The molecule has 1 heterocycles. The summed E-state index contributed by atoms with van der Waals surface area (Å²) in [7, 11) is 0. The minimum Gasteiger partial charge on any atom is -0.369 e. The van der Waals surface area contributed by atoms with Crippen LogP contribution in [0.15, 0.2) is 0 Å². The molecule has 1 unspecified atom stereocenters. The maximum absolute atomic E-state index is 5.29. The van der Waals surface area contributed by atoms with Gasteiger partial charge in [-0.15, -0.1) is 0 Å². The van der Waals surface area contributed by atoms with Crippen molar-refractivity contribution in [2.24, 2.45) is 0 Å². The Kier molecular flexibility index (Phi) is 2.75. The highest BCUT2D eigenvalue weighted by Gasteiger charge is 2.09. The first kappa shape index (κ1) is 7.31. The largest absolute Gasteiger partial charge is 0.369 e. The van der Waals surface area contributed by atoms with Crippen LogP contribution in [0.25, 0.3) is 0 Å². The monoisotopic (exact) mass is 163 g/mol. The van der Waals surface area contributed by atoms with Crippen LogP contribution in [-0.2, 0) is 4.74 Å². The van der Waals surface area contributed by atoms with Gasteiger partial charge >= 0.3 is 0 Å². The van der Waals surface area contributed by atoms with Crippen molar-refractivity contribution in [3.05, 3.63) is 0 Å². The molecule has 0 aromatic heterocycles. The van der Waals surface area contributed by atoms with Crippen molar-refractivity contribution in [3.63, 3.8) is 0 Å². The van der Waals surface area contributed by atoms with Crippen LogP contribution in [0.5, 0.6) is 0 Å². The Labute approximate surface area is 64.3 Å². The van der Waals surface area contributed by atoms with E-state index in [2.05, 4.69) is 5.32 Å². The topological polar surface area (TPSA) is 21.3 Å². The third-order valence-electron chi connectivity index (χ3n) is 0.997. The highest BCUT2D eigenvalue weighted by molar-refractivity contribution is 8.23. The summed E-state index contributed by atoms with van der Waals surface area (Å²) in [6.07, 6.45) is 0. The number of ether oxygens (including phenoxy) is 1. The van der Waals surface area contributed by atoms with Gasteiger partial charge in [0.05, 0.1) is 6.61 Å². The van der Waals surface area contributed by atoms with Crippen LogP contribution in [0, 0.1) is 0 Å². The average Bonchev–Trinajstić information content (AvgIpc) is 1.93. The van der Waals surface area contributed by atoms with Crippen LogP contribution in [0.4, 0.5) is 0 Å². The maximum Gasteiger partial charge on any atom is 0.136 e. The molecule has 0 aliphatic carbocycles.